The molecule has 0 radical (unpaired) electrons. The Morgan fingerprint density at radius 2 is 2.14 bits per heavy atom. The summed E-state index contributed by atoms with van der Waals surface area (Å²) in [5, 5.41) is 0. The van der Waals surface area contributed by atoms with Gasteiger partial charge in [0.05, 0.1) is 6.26 Å². The Balaban J connectivity index is 2.04. The topological polar surface area (TPSA) is 42.7 Å². The highest BCUT2D eigenvalue weighted by atomic mass is 16.6. The number of furan rings is 1. The van der Waals surface area contributed by atoms with Gasteiger partial charge in [-0.3, -0.25) is 4.79 Å². The van der Waals surface area contributed by atoms with Crippen LogP contribution in [0.2, 0.25) is 0 Å². The predicted molar refractivity (Wildman–Crippen MR) is 50.8 cm³/mol. The second kappa shape index (κ2) is 2.95. The van der Waals surface area contributed by atoms with Crippen LogP contribution < -0.4 is 0 Å². The summed E-state index contributed by atoms with van der Waals surface area (Å²) in [4.78, 5) is 11.8. The molecule has 3 heteroatoms. The Kier molecular flexibility index (Phi) is 2.00. The van der Waals surface area contributed by atoms with Gasteiger partial charge >= 0.3 is 0 Å². The van der Waals surface area contributed by atoms with E-state index in [0.29, 0.717) is 0 Å². The van der Waals surface area contributed by atoms with Gasteiger partial charge in [0, 0.05) is 5.41 Å². The molecule has 2 unspecified atom stereocenters. The van der Waals surface area contributed by atoms with Crippen LogP contribution in [0.25, 0.3) is 0 Å². The van der Waals surface area contributed by atoms with Gasteiger partial charge in [-0.2, -0.15) is 0 Å². The third-order valence-corrected chi connectivity index (χ3v) is 2.31. The van der Waals surface area contributed by atoms with Crippen molar-refractivity contribution in [2.24, 2.45) is 5.41 Å². The lowest BCUT2D eigenvalue weighted by Gasteiger charge is -2.14. The second-order valence-electron chi connectivity index (χ2n) is 4.61. The molecule has 0 spiro atoms. The summed E-state index contributed by atoms with van der Waals surface area (Å²) in [6, 6.07) is 3.64. The highest BCUT2D eigenvalue weighted by Crippen LogP contribution is 2.42. The normalized spacial score (nSPS) is 26.2. The summed E-state index contributed by atoms with van der Waals surface area (Å²) in [5.74, 6) is 0.881. The minimum absolute atomic E-state index is 0.138. The van der Waals surface area contributed by atoms with Gasteiger partial charge < -0.3 is 9.15 Å². The van der Waals surface area contributed by atoms with Crippen molar-refractivity contribution in [1.29, 1.82) is 0 Å². The maximum Gasteiger partial charge on any atom is 0.170 e. The molecule has 1 aromatic heterocycles. The minimum atomic E-state index is -0.341. The number of ether oxygens (including phenoxy) is 1. The van der Waals surface area contributed by atoms with Crippen LogP contribution >= 0.6 is 0 Å². The van der Waals surface area contributed by atoms with Crippen LogP contribution in [0.3, 0.4) is 0 Å². The predicted octanol–water partition coefficient (Wildman–Crippen LogP) is 2.33. The molecule has 2 heterocycles. The number of hydrogen-bond acceptors (Lipinski definition) is 3. The zero-order valence-electron chi connectivity index (χ0n) is 8.61. The van der Waals surface area contributed by atoms with Crippen molar-refractivity contribution in [1.82, 2.24) is 0 Å². The SMILES string of the molecule is CC(C)(C)C(=O)C1OC1c1ccco1. The van der Waals surface area contributed by atoms with E-state index < -0.39 is 0 Å². The van der Waals surface area contributed by atoms with Gasteiger partial charge in [-0.15, -0.1) is 0 Å². The van der Waals surface area contributed by atoms with Crippen molar-refractivity contribution < 1.29 is 13.9 Å². The number of ketones is 1. The summed E-state index contributed by atoms with van der Waals surface area (Å²) >= 11 is 0. The first-order valence-electron chi connectivity index (χ1n) is 4.73. The molecular formula is C11H14O3. The summed E-state index contributed by atoms with van der Waals surface area (Å²) in [6.45, 7) is 5.70. The molecule has 2 atom stereocenters. The molecule has 0 aromatic carbocycles. The number of carbonyl (C=O) groups is 1. The zero-order valence-corrected chi connectivity index (χ0v) is 8.61. The lowest BCUT2D eigenvalue weighted by Crippen LogP contribution is -2.25. The average molecular weight is 194 g/mol. The fourth-order valence-corrected chi connectivity index (χ4v) is 1.41. The first-order chi connectivity index (χ1) is 6.50. The standard InChI is InChI=1S/C11H14O3/c1-11(2,3)10(12)9-8(14-9)7-5-4-6-13-7/h4-6,8-9H,1-3H3. The van der Waals surface area contributed by atoms with E-state index in [9.17, 15) is 4.79 Å². The Morgan fingerprint density at radius 3 is 2.64 bits per heavy atom. The fourth-order valence-electron chi connectivity index (χ4n) is 1.41. The van der Waals surface area contributed by atoms with E-state index in [1.165, 1.54) is 0 Å². The zero-order chi connectivity index (χ0) is 10.3. The summed E-state index contributed by atoms with van der Waals surface area (Å²) < 4.78 is 10.5. The molecule has 0 N–H and O–H groups in total. The Labute approximate surface area is 83.0 Å². The quantitative estimate of drug-likeness (QED) is 0.678. The summed E-state index contributed by atoms with van der Waals surface area (Å²) in [7, 11) is 0. The van der Waals surface area contributed by atoms with Gasteiger partial charge in [-0.25, -0.2) is 0 Å². The van der Waals surface area contributed by atoms with Crippen LogP contribution in [0.4, 0.5) is 0 Å². The number of carbonyl (C=O) groups excluding carboxylic acids is 1. The number of epoxide rings is 1. The van der Waals surface area contributed by atoms with Crippen molar-refractivity contribution in [2.45, 2.75) is 33.0 Å². The van der Waals surface area contributed by atoms with Crippen molar-refractivity contribution in [3.8, 4) is 0 Å². The van der Waals surface area contributed by atoms with Gasteiger partial charge in [0.15, 0.2) is 11.9 Å². The summed E-state index contributed by atoms with van der Waals surface area (Å²) in [6.07, 6.45) is 1.13. The second-order valence-corrected chi connectivity index (χ2v) is 4.61. The molecular weight excluding hydrogens is 180 g/mol. The molecule has 14 heavy (non-hydrogen) atoms. The van der Waals surface area contributed by atoms with Crippen LogP contribution in [0.5, 0.6) is 0 Å². The van der Waals surface area contributed by atoms with Crippen LogP contribution in [-0.2, 0) is 9.53 Å². The molecule has 0 amide bonds. The van der Waals surface area contributed by atoms with E-state index in [0.717, 1.165) is 5.76 Å². The number of rotatable bonds is 2. The van der Waals surface area contributed by atoms with Gasteiger partial charge in [-0.1, -0.05) is 20.8 Å². The molecule has 1 saturated heterocycles. The van der Waals surface area contributed by atoms with Crippen molar-refractivity contribution >= 4 is 5.78 Å². The van der Waals surface area contributed by atoms with E-state index >= 15 is 0 Å². The molecule has 1 aromatic rings. The molecule has 2 rings (SSSR count). The van der Waals surface area contributed by atoms with Gasteiger partial charge in [0.1, 0.15) is 11.9 Å². The Bertz CT molecular complexity index is 332. The maximum atomic E-state index is 11.8. The molecule has 3 nitrogen and oxygen atoms in total. The third kappa shape index (κ3) is 1.60. The third-order valence-electron chi connectivity index (χ3n) is 2.31. The van der Waals surface area contributed by atoms with E-state index in [2.05, 4.69) is 0 Å². The number of hydrogen-bond donors (Lipinski definition) is 0. The maximum absolute atomic E-state index is 11.8. The molecule has 0 saturated carbocycles. The lowest BCUT2D eigenvalue weighted by atomic mass is 9.88. The minimum Gasteiger partial charge on any atom is -0.466 e. The van der Waals surface area contributed by atoms with Crippen molar-refractivity contribution in [2.75, 3.05) is 0 Å². The molecule has 0 aliphatic carbocycles. The van der Waals surface area contributed by atoms with Gasteiger partial charge in [0.2, 0.25) is 0 Å². The first-order valence-corrected chi connectivity index (χ1v) is 4.73. The fraction of sp³-hybridized carbons (Fsp3) is 0.545. The monoisotopic (exact) mass is 194 g/mol. The van der Waals surface area contributed by atoms with Crippen LogP contribution in [0, 0.1) is 5.41 Å². The summed E-state index contributed by atoms with van der Waals surface area (Å²) in [5.41, 5.74) is -0.341. The van der Waals surface area contributed by atoms with Crippen molar-refractivity contribution in [3.63, 3.8) is 0 Å². The molecule has 1 fully saturated rings. The Morgan fingerprint density at radius 1 is 1.43 bits per heavy atom. The highest BCUT2D eigenvalue weighted by molar-refractivity contribution is 5.90. The van der Waals surface area contributed by atoms with E-state index in [1.807, 2.05) is 26.8 Å². The molecule has 76 valence electrons. The Hall–Kier alpha value is -1.09. The highest BCUT2D eigenvalue weighted by Gasteiger charge is 2.50. The lowest BCUT2D eigenvalue weighted by molar-refractivity contribution is -0.127. The molecule has 1 aliphatic heterocycles. The van der Waals surface area contributed by atoms with E-state index in [4.69, 9.17) is 9.15 Å². The van der Waals surface area contributed by atoms with Crippen LogP contribution in [0.1, 0.15) is 32.6 Å². The van der Waals surface area contributed by atoms with Crippen LogP contribution in [-0.4, -0.2) is 11.9 Å². The average Bonchev–Trinajstić information content (AvgIpc) is 2.69. The number of Topliss-reactive ketones (excluding diaryl/α,β-unsaturated/α-hetero) is 1. The van der Waals surface area contributed by atoms with Crippen molar-refractivity contribution in [3.05, 3.63) is 24.2 Å². The van der Waals surface area contributed by atoms with Gasteiger partial charge in [-0.05, 0) is 12.1 Å². The van der Waals surface area contributed by atoms with Gasteiger partial charge in [0.25, 0.3) is 0 Å². The first kappa shape index (κ1) is 9.46. The smallest absolute Gasteiger partial charge is 0.170 e. The molecule has 1 aliphatic rings. The van der Waals surface area contributed by atoms with Crippen LogP contribution in [0.15, 0.2) is 22.8 Å². The van der Waals surface area contributed by atoms with E-state index in [-0.39, 0.29) is 23.4 Å². The van der Waals surface area contributed by atoms with E-state index in [1.54, 1.807) is 12.3 Å². The molecule has 0 bridgehead atoms. The largest absolute Gasteiger partial charge is 0.466 e.